The van der Waals surface area contributed by atoms with Gasteiger partial charge in [-0.25, -0.2) is 14.4 Å². The van der Waals surface area contributed by atoms with E-state index >= 15 is 0 Å². The number of hydrogen-bond acceptors (Lipinski definition) is 5. The molecule has 0 aliphatic carbocycles. The third-order valence-electron chi connectivity index (χ3n) is 4.21. The van der Waals surface area contributed by atoms with Crippen molar-refractivity contribution in [3.8, 4) is 0 Å². The molecular formula is C16H17F4N5. The van der Waals surface area contributed by atoms with Crippen LogP contribution in [0, 0.1) is 5.82 Å². The summed E-state index contributed by atoms with van der Waals surface area (Å²) in [6.45, 7) is 3.88. The van der Waals surface area contributed by atoms with Crippen molar-refractivity contribution >= 4 is 5.95 Å². The molecule has 1 unspecified atom stereocenters. The number of halogens is 4. The fourth-order valence-corrected chi connectivity index (χ4v) is 2.82. The third kappa shape index (κ3) is 4.04. The van der Waals surface area contributed by atoms with Crippen LogP contribution in [0.4, 0.5) is 23.5 Å². The predicted molar refractivity (Wildman–Crippen MR) is 83.3 cm³/mol. The van der Waals surface area contributed by atoms with E-state index in [1.54, 1.807) is 11.0 Å². The van der Waals surface area contributed by atoms with Gasteiger partial charge in [-0.2, -0.15) is 13.2 Å². The standard InChI is InChI=1S/C16H17F4N5/c1-11-9-25(15-22-5-3-14(23-15)16(18,19)20)7-6-24(11)10-12-2-4-21-8-13(12)17/h2-5,8,11H,6-7,9-10H2,1H3. The highest BCUT2D eigenvalue weighted by atomic mass is 19.4. The molecule has 0 aromatic carbocycles. The molecule has 0 bridgehead atoms. The molecule has 5 nitrogen and oxygen atoms in total. The highest BCUT2D eigenvalue weighted by Crippen LogP contribution is 2.28. The summed E-state index contributed by atoms with van der Waals surface area (Å²) in [5.74, 6) is -0.297. The Bertz CT molecular complexity index is 736. The Morgan fingerprint density at radius 2 is 2.00 bits per heavy atom. The van der Waals surface area contributed by atoms with Crippen LogP contribution in [0.5, 0.6) is 0 Å². The average Bonchev–Trinajstić information content (AvgIpc) is 2.58. The van der Waals surface area contributed by atoms with Crippen LogP contribution in [-0.4, -0.2) is 45.5 Å². The maximum absolute atomic E-state index is 13.7. The molecular weight excluding hydrogens is 338 g/mol. The van der Waals surface area contributed by atoms with Crippen LogP contribution >= 0.6 is 0 Å². The molecule has 2 aromatic heterocycles. The molecule has 3 heterocycles. The third-order valence-corrected chi connectivity index (χ3v) is 4.21. The van der Waals surface area contributed by atoms with Gasteiger partial charge < -0.3 is 4.90 Å². The quantitative estimate of drug-likeness (QED) is 0.793. The van der Waals surface area contributed by atoms with E-state index in [0.29, 0.717) is 31.7 Å². The summed E-state index contributed by atoms with van der Waals surface area (Å²) < 4.78 is 52.1. The van der Waals surface area contributed by atoms with E-state index in [-0.39, 0.29) is 17.8 Å². The molecule has 0 amide bonds. The molecule has 0 saturated carbocycles. The Balaban J connectivity index is 1.69. The average molecular weight is 355 g/mol. The van der Waals surface area contributed by atoms with Crippen LogP contribution in [0.3, 0.4) is 0 Å². The smallest absolute Gasteiger partial charge is 0.338 e. The molecule has 2 aromatic rings. The van der Waals surface area contributed by atoms with E-state index in [0.717, 1.165) is 12.3 Å². The van der Waals surface area contributed by atoms with E-state index in [4.69, 9.17) is 0 Å². The van der Waals surface area contributed by atoms with Gasteiger partial charge >= 0.3 is 6.18 Å². The summed E-state index contributed by atoms with van der Waals surface area (Å²) in [6.07, 6.45) is -0.666. The number of rotatable bonds is 3. The first-order valence-electron chi connectivity index (χ1n) is 7.82. The summed E-state index contributed by atoms with van der Waals surface area (Å²) in [6, 6.07) is 2.50. The van der Waals surface area contributed by atoms with Crippen molar-refractivity contribution < 1.29 is 17.6 Å². The highest BCUT2D eigenvalue weighted by molar-refractivity contribution is 5.32. The van der Waals surface area contributed by atoms with Crippen molar-refractivity contribution in [2.75, 3.05) is 24.5 Å². The van der Waals surface area contributed by atoms with Gasteiger partial charge in [0, 0.05) is 50.2 Å². The van der Waals surface area contributed by atoms with Gasteiger partial charge in [-0.05, 0) is 19.1 Å². The van der Waals surface area contributed by atoms with Crippen LogP contribution in [0.2, 0.25) is 0 Å². The van der Waals surface area contributed by atoms with Gasteiger partial charge in [0.25, 0.3) is 0 Å². The monoisotopic (exact) mass is 355 g/mol. The number of piperazine rings is 1. The molecule has 134 valence electrons. The minimum atomic E-state index is -4.50. The Morgan fingerprint density at radius 3 is 2.68 bits per heavy atom. The van der Waals surface area contributed by atoms with Crippen molar-refractivity contribution in [2.24, 2.45) is 0 Å². The largest absolute Gasteiger partial charge is 0.433 e. The van der Waals surface area contributed by atoms with E-state index in [1.165, 1.54) is 12.4 Å². The summed E-state index contributed by atoms with van der Waals surface area (Å²) in [5.41, 5.74) is -0.406. The first-order chi connectivity index (χ1) is 11.8. The molecule has 1 atom stereocenters. The van der Waals surface area contributed by atoms with Gasteiger partial charge in [-0.1, -0.05) is 0 Å². The lowest BCUT2D eigenvalue weighted by Crippen LogP contribution is -2.52. The molecule has 1 saturated heterocycles. The zero-order valence-corrected chi connectivity index (χ0v) is 13.5. The molecule has 0 N–H and O–H groups in total. The number of aromatic nitrogens is 3. The van der Waals surface area contributed by atoms with Crippen LogP contribution in [-0.2, 0) is 12.7 Å². The molecule has 1 fully saturated rings. The Kier molecular flexibility index (Phi) is 4.85. The SMILES string of the molecule is CC1CN(c2nccc(C(F)(F)F)n2)CCN1Cc1ccncc1F. The zero-order valence-electron chi connectivity index (χ0n) is 13.5. The second-order valence-electron chi connectivity index (χ2n) is 5.97. The second kappa shape index (κ2) is 6.91. The fraction of sp³-hybridized carbons (Fsp3) is 0.438. The van der Waals surface area contributed by atoms with Crippen LogP contribution in [0.15, 0.2) is 30.7 Å². The van der Waals surface area contributed by atoms with Gasteiger partial charge in [0.15, 0.2) is 0 Å². The molecule has 25 heavy (non-hydrogen) atoms. The Hall–Kier alpha value is -2.29. The highest BCUT2D eigenvalue weighted by Gasteiger charge is 2.34. The van der Waals surface area contributed by atoms with Gasteiger partial charge in [-0.15, -0.1) is 0 Å². The maximum Gasteiger partial charge on any atom is 0.433 e. The molecule has 9 heteroatoms. The van der Waals surface area contributed by atoms with Crippen LogP contribution in [0.1, 0.15) is 18.2 Å². The maximum atomic E-state index is 13.7. The number of nitrogens with zero attached hydrogens (tertiary/aromatic N) is 5. The number of hydrogen-bond donors (Lipinski definition) is 0. The van der Waals surface area contributed by atoms with Crippen LogP contribution in [0.25, 0.3) is 0 Å². The first-order valence-corrected chi connectivity index (χ1v) is 7.82. The zero-order chi connectivity index (χ0) is 18.0. The summed E-state index contributed by atoms with van der Waals surface area (Å²) in [5, 5.41) is 0. The number of pyridine rings is 1. The minimum absolute atomic E-state index is 0.0134. The molecule has 3 rings (SSSR count). The van der Waals surface area contributed by atoms with Crippen molar-refractivity contribution in [1.29, 1.82) is 0 Å². The van der Waals surface area contributed by atoms with Gasteiger partial charge in [-0.3, -0.25) is 9.88 Å². The van der Waals surface area contributed by atoms with E-state index < -0.39 is 11.9 Å². The number of anilines is 1. The van der Waals surface area contributed by atoms with E-state index in [2.05, 4.69) is 19.9 Å². The van der Waals surface area contributed by atoms with E-state index in [9.17, 15) is 17.6 Å². The van der Waals surface area contributed by atoms with Gasteiger partial charge in [0.05, 0.1) is 6.20 Å². The first kappa shape index (κ1) is 17.5. The fourth-order valence-electron chi connectivity index (χ4n) is 2.82. The molecule has 1 aliphatic heterocycles. The lowest BCUT2D eigenvalue weighted by Gasteiger charge is -2.40. The minimum Gasteiger partial charge on any atom is -0.338 e. The normalized spacial score (nSPS) is 19.2. The topological polar surface area (TPSA) is 45.2 Å². The number of alkyl halides is 3. The second-order valence-corrected chi connectivity index (χ2v) is 5.97. The van der Waals surface area contributed by atoms with Crippen LogP contribution < -0.4 is 4.90 Å². The summed E-state index contributed by atoms with van der Waals surface area (Å²) >= 11 is 0. The summed E-state index contributed by atoms with van der Waals surface area (Å²) in [4.78, 5) is 15.1. The van der Waals surface area contributed by atoms with Gasteiger partial charge in [0.2, 0.25) is 5.95 Å². The Morgan fingerprint density at radius 1 is 1.20 bits per heavy atom. The lowest BCUT2D eigenvalue weighted by molar-refractivity contribution is -0.141. The Labute approximate surface area is 142 Å². The van der Waals surface area contributed by atoms with Crippen molar-refractivity contribution in [3.05, 3.63) is 47.8 Å². The predicted octanol–water partition coefficient (Wildman–Crippen LogP) is 2.74. The summed E-state index contributed by atoms with van der Waals surface area (Å²) in [7, 11) is 0. The van der Waals surface area contributed by atoms with Crippen molar-refractivity contribution in [3.63, 3.8) is 0 Å². The lowest BCUT2D eigenvalue weighted by atomic mass is 10.1. The van der Waals surface area contributed by atoms with Crippen molar-refractivity contribution in [1.82, 2.24) is 19.9 Å². The van der Waals surface area contributed by atoms with Gasteiger partial charge in [0.1, 0.15) is 11.5 Å². The molecule has 1 aliphatic rings. The van der Waals surface area contributed by atoms with Crippen molar-refractivity contribution in [2.45, 2.75) is 25.7 Å². The van der Waals surface area contributed by atoms with E-state index in [1.807, 2.05) is 6.92 Å². The molecule has 0 radical (unpaired) electrons. The molecule has 0 spiro atoms.